The number of sulfonamides is 1. The molecule has 0 atom stereocenters. The Labute approximate surface area is 189 Å². The molecule has 1 aliphatic heterocycles. The Kier molecular flexibility index (Phi) is 6.84. The molecule has 0 spiro atoms. The smallest absolute Gasteiger partial charge is 0.325 e. The van der Waals surface area contributed by atoms with Gasteiger partial charge in [-0.25, -0.2) is 23.2 Å². The minimum absolute atomic E-state index is 0.204. The molecular formula is C18H23ClN6O4S2. The Hall–Kier alpha value is -2.28. The van der Waals surface area contributed by atoms with E-state index in [-0.39, 0.29) is 29.1 Å². The van der Waals surface area contributed by atoms with Gasteiger partial charge in [0.15, 0.2) is 0 Å². The fraction of sp³-hybridized carbons (Fsp3) is 0.444. The van der Waals surface area contributed by atoms with Gasteiger partial charge in [0.05, 0.1) is 10.6 Å². The van der Waals surface area contributed by atoms with Crippen LogP contribution >= 0.6 is 22.9 Å². The van der Waals surface area contributed by atoms with Crippen molar-refractivity contribution in [2.45, 2.75) is 23.6 Å². The summed E-state index contributed by atoms with van der Waals surface area (Å²) in [5.74, 6) is 0.202. The van der Waals surface area contributed by atoms with Crippen molar-refractivity contribution in [2.75, 3.05) is 37.9 Å². The van der Waals surface area contributed by atoms with Crippen LogP contribution < -0.4 is 10.6 Å². The Morgan fingerprint density at radius 1 is 1.29 bits per heavy atom. The molecule has 1 fully saturated rings. The summed E-state index contributed by atoms with van der Waals surface area (Å²) in [7, 11) is -2.12. The Bertz CT molecular complexity index is 1090. The van der Waals surface area contributed by atoms with Gasteiger partial charge in [0.1, 0.15) is 9.75 Å². The summed E-state index contributed by atoms with van der Waals surface area (Å²) in [5.41, 5.74) is -0.352. The molecule has 0 saturated carbocycles. The average Bonchev–Trinajstić information content (AvgIpc) is 3.28. The van der Waals surface area contributed by atoms with Crippen molar-refractivity contribution >= 4 is 50.8 Å². The molecule has 2 aromatic rings. The molecule has 3 rings (SSSR count). The zero-order valence-electron chi connectivity index (χ0n) is 17.3. The lowest BCUT2D eigenvalue weighted by molar-refractivity contribution is -0.125. The maximum Gasteiger partial charge on any atom is 0.325 e. The van der Waals surface area contributed by atoms with Crippen molar-refractivity contribution in [1.29, 1.82) is 0 Å². The van der Waals surface area contributed by atoms with E-state index >= 15 is 0 Å². The highest BCUT2D eigenvalue weighted by molar-refractivity contribution is 7.91. The third-order valence-corrected chi connectivity index (χ3v) is 8.47. The van der Waals surface area contributed by atoms with E-state index in [0.29, 0.717) is 23.1 Å². The number of imide groups is 1. The highest BCUT2D eigenvalue weighted by Gasteiger charge is 2.45. The maximum atomic E-state index is 12.6. The van der Waals surface area contributed by atoms with Crippen molar-refractivity contribution in [2.24, 2.45) is 0 Å². The predicted molar refractivity (Wildman–Crippen MR) is 119 cm³/mol. The van der Waals surface area contributed by atoms with E-state index in [1.165, 1.54) is 16.3 Å². The lowest BCUT2D eigenvalue weighted by atomic mass is 10.0. The number of carbonyl (C=O) groups excluding carboxylic acids is 2. The lowest BCUT2D eigenvalue weighted by Crippen LogP contribution is -2.46. The molecule has 0 radical (unpaired) electrons. The summed E-state index contributed by atoms with van der Waals surface area (Å²) in [6, 6.07) is 4.49. The van der Waals surface area contributed by atoms with E-state index in [4.69, 9.17) is 11.6 Å². The van der Waals surface area contributed by atoms with E-state index in [2.05, 4.69) is 20.6 Å². The monoisotopic (exact) mass is 486 g/mol. The van der Waals surface area contributed by atoms with Gasteiger partial charge in [-0.1, -0.05) is 0 Å². The summed E-state index contributed by atoms with van der Waals surface area (Å²) >= 11 is 6.76. The van der Waals surface area contributed by atoms with Crippen molar-refractivity contribution in [3.63, 3.8) is 0 Å². The number of aromatic nitrogens is 2. The Balaban J connectivity index is 1.68. The fourth-order valence-electron chi connectivity index (χ4n) is 2.92. The molecule has 10 nitrogen and oxygen atoms in total. The second kappa shape index (κ2) is 9.07. The van der Waals surface area contributed by atoms with Crippen LogP contribution in [0.4, 0.5) is 10.7 Å². The molecule has 2 aromatic heterocycles. The number of rotatable bonds is 9. The van der Waals surface area contributed by atoms with Gasteiger partial charge >= 0.3 is 6.03 Å². The SMILES string of the molecule is CN(CCCl)S(=O)(=O)c1ccc(-c2ccnc(NCCN3C(=O)NC(=O)C3(C)C)n2)s1. The van der Waals surface area contributed by atoms with Crippen LogP contribution in [0.2, 0.25) is 0 Å². The zero-order valence-corrected chi connectivity index (χ0v) is 19.6. The molecule has 31 heavy (non-hydrogen) atoms. The van der Waals surface area contributed by atoms with Gasteiger partial charge in [0, 0.05) is 38.8 Å². The van der Waals surface area contributed by atoms with Gasteiger partial charge in [-0.3, -0.25) is 10.1 Å². The first-order valence-electron chi connectivity index (χ1n) is 9.40. The summed E-state index contributed by atoms with van der Waals surface area (Å²) in [5, 5.41) is 5.33. The minimum atomic E-state index is -3.61. The van der Waals surface area contributed by atoms with Crippen LogP contribution in [0.25, 0.3) is 10.6 Å². The van der Waals surface area contributed by atoms with Crippen LogP contribution in [0.1, 0.15) is 13.8 Å². The highest BCUT2D eigenvalue weighted by Crippen LogP contribution is 2.31. The number of amides is 3. The van der Waals surface area contributed by atoms with E-state index < -0.39 is 21.6 Å². The number of alkyl halides is 1. The molecule has 13 heteroatoms. The minimum Gasteiger partial charge on any atom is -0.352 e. The van der Waals surface area contributed by atoms with E-state index in [0.717, 1.165) is 11.3 Å². The van der Waals surface area contributed by atoms with Gasteiger partial charge in [0.2, 0.25) is 5.95 Å². The standard InChI is InChI=1S/C18H23ClN6O4S2/c1-18(2)15(26)23-17(27)25(18)11-9-21-16-20-8-6-12(22-16)13-4-5-14(30-13)31(28,29)24(3)10-7-19/h4-6,8H,7,9-11H2,1-3H3,(H,20,21,22)(H,23,26,27). The topological polar surface area (TPSA) is 125 Å². The molecule has 1 saturated heterocycles. The molecule has 168 valence electrons. The normalized spacial score (nSPS) is 16.1. The Morgan fingerprint density at radius 3 is 2.68 bits per heavy atom. The first-order chi connectivity index (χ1) is 14.6. The molecule has 0 bridgehead atoms. The highest BCUT2D eigenvalue weighted by atomic mass is 35.5. The summed E-state index contributed by atoms with van der Waals surface area (Å²) < 4.78 is 26.6. The molecule has 2 N–H and O–H groups in total. The number of hydrogen-bond donors (Lipinski definition) is 2. The third-order valence-electron chi connectivity index (χ3n) is 4.87. The molecule has 0 aromatic carbocycles. The summed E-state index contributed by atoms with van der Waals surface area (Å²) in [6.07, 6.45) is 1.56. The number of anilines is 1. The van der Waals surface area contributed by atoms with Gasteiger partial charge in [0.25, 0.3) is 15.9 Å². The number of nitrogens with one attached hydrogen (secondary N) is 2. The van der Waals surface area contributed by atoms with Gasteiger partial charge in [-0.05, 0) is 32.0 Å². The number of nitrogens with zero attached hydrogens (tertiary/aromatic N) is 4. The van der Waals surface area contributed by atoms with Crippen molar-refractivity contribution in [3.8, 4) is 10.6 Å². The van der Waals surface area contributed by atoms with Crippen LogP contribution in [0.5, 0.6) is 0 Å². The van der Waals surface area contributed by atoms with Crippen molar-refractivity contribution in [1.82, 2.24) is 24.5 Å². The number of halogens is 1. The van der Waals surface area contributed by atoms with E-state index in [1.807, 2.05) is 0 Å². The van der Waals surface area contributed by atoms with Gasteiger partial charge in [-0.2, -0.15) is 4.31 Å². The first kappa shape index (κ1) is 23.4. The van der Waals surface area contributed by atoms with Crippen LogP contribution in [0.3, 0.4) is 0 Å². The van der Waals surface area contributed by atoms with Crippen LogP contribution in [0.15, 0.2) is 28.6 Å². The second-order valence-corrected chi connectivity index (χ2v) is 11.0. The lowest BCUT2D eigenvalue weighted by Gasteiger charge is -2.27. The zero-order chi connectivity index (χ0) is 22.8. The van der Waals surface area contributed by atoms with Crippen LogP contribution in [0, 0.1) is 0 Å². The first-order valence-corrected chi connectivity index (χ1v) is 12.2. The number of hydrogen-bond acceptors (Lipinski definition) is 8. The van der Waals surface area contributed by atoms with Crippen LogP contribution in [-0.4, -0.2) is 77.6 Å². The van der Waals surface area contributed by atoms with Crippen molar-refractivity contribution in [3.05, 3.63) is 24.4 Å². The second-order valence-electron chi connectivity index (χ2n) is 7.30. The molecule has 3 amide bonds. The number of urea groups is 1. The quantitative estimate of drug-likeness (QED) is 0.409. The van der Waals surface area contributed by atoms with Gasteiger partial charge < -0.3 is 10.2 Å². The average molecular weight is 487 g/mol. The largest absolute Gasteiger partial charge is 0.352 e. The third kappa shape index (κ3) is 4.81. The molecule has 0 unspecified atom stereocenters. The van der Waals surface area contributed by atoms with Gasteiger partial charge in [-0.15, -0.1) is 22.9 Å². The summed E-state index contributed by atoms with van der Waals surface area (Å²) in [4.78, 5) is 34.5. The number of carbonyl (C=O) groups is 2. The van der Waals surface area contributed by atoms with Crippen molar-refractivity contribution < 1.29 is 18.0 Å². The van der Waals surface area contributed by atoms with E-state index in [1.54, 1.807) is 38.2 Å². The fourth-order valence-corrected chi connectivity index (χ4v) is 5.94. The molecule has 0 aliphatic carbocycles. The predicted octanol–water partition coefficient (Wildman–Crippen LogP) is 1.81. The molecule has 1 aliphatic rings. The Morgan fingerprint density at radius 2 is 2.03 bits per heavy atom. The summed E-state index contributed by atoms with van der Waals surface area (Å²) in [6.45, 7) is 4.19. The van der Waals surface area contributed by atoms with E-state index in [9.17, 15) is 18.0 Å². The van der Waals surface area contributed by atoms with Crippen LogP contribution in [-0.2, 0) is 14.8 Å². The maximum absolute atomic E-state index is 12.6. The molecule has 3 heterocycles. The molecular weight excluding hydrogens is 464 g/mol. The number of thiophene rings is 1.